The molecule has 2 aliphatic rings. The molecule has 3 aromatic rings. The van der Waals surface area contributed by atoms with E-state index in [1.807, 2.05) is 0 Å². The Balaban J connectivity index is 1.32. The van der Waals surface area contributed by atoms with Crippen LogP contribution in [0, 0.1) is 0 Å². The van der Waals surface area contributed by atoms with Crippen LogP contribution in [-0.4, -0.2) is 27.5 Å². The van der Waals surface area contributed by atoms with Crippen molar-refractivity contribution in [3.8, 4) is 10.8 Å². The first kappa shape index (κ1) is 20.2. The van der Waals surface area contributed by atoms with Crippen molar-refractivity contribution >= 4 is 17.2 Å². The first-order chi connectivity index (χ1) is 14.9. The van der Waals surface area contributed by atoms with E-state index in [-0.39, 0.29) is 36.9 Å². The first-order valence-electron chi connectivity index (χ1n) is 10.3. The molecule has 1 fully saturated rings. The van der Waals surface area contributed by atoms with E-state index in [9.17, 15) is 18.0 Å². The summed E-state index contributed by atoms with van der Waals surface area (Å²) in [6.45, 7) is 0.179. The van der Waals surface area contributed by atoms with Gasteiger partial charge in [-0.2, -0.15) is 18.2 Å². The van der Waals surface area contributed by atoms with Crippen molar-refractivity contribution in [2.24, 2.45) is 0 Å². The molecular weight excluding hydrogens is 427 g/mol. The van der Waals surface area contributed by atoms with E-state index in [1.54, 1.807) is 17.4 Å². The Kier molecular flexibility index (Phi) is 5.08. The number of hydrogen-bond donors (Lipinski definition) is 0. The molecule has 0 saturated carbocycles. The minimum absolute atomic E-state index is 0.0852. The highest BCUT2D eigenvalue weighted by molar-refractivity contribution is 7.15. The number of fused-ring (bicyclic) bond motifs is 1. The van der Waals surface area contributed by atoms with Crippen LogP contribution in [-0.2, 0) is 30.4 Å². The number of alkyl halides is 3. The fourth-order valence-electron chi connectivity index (χ4n) is 4.34. The van der Waals surface area contributed by atoms with Crippen molar-refractivity contribution in [2.45, 2.75) is 50.7 Å². The van der Waals surface area contributed by atoms with E-state index in [4.69, 9.17) is 4.52 Å². The summed E-state index contributed by atoms with van der Waals surface area (Å²) < 4.78 is 45.3. The number of aromatic nitrogens is 2. The van der Waals surface area contributed by atoms with Gasteiger partial charge >= 0.3 is 6.18 Å². The van der Waals surface area contributed by atoms with Crippen LogP contribution in [0.25, 0.3) is 10.8 Å². The van der Waals surface area contributed by atoms with Crippen LogP contribution in [0.15, 0.2) is 34.9 Å². The number of thiophene rings is 1. The highest BCUT2D eigenvalue weighted by atomic mass is 32.1. The van der Waals surface area contributed by atoms with Crippen LogP contribution in [0.2, 0.25) is 0 Å². The van der Waals surface area contributed by atoms with Crippen LogP contribution in [0.3, 0.4) is 0 Å². The van der Waals surface area contributed by atoms with E-state index in [2.05, 4.69) is 16.2 Å². The third-order valence-corrected chi connectivity index (χ3v) is 7.14. The largest absolute Gasteiger partial charge is 0.416 e. The maximum Gasteiger partial charge on any atom is 0.416 e. The lowest BCUT2D eigenvalue weighted by atomic mass is 9.99. The van der Waals surface area contributed by atoms with E-state index >= 15 is 0 Å². The second-order valence-electron chi connectivity index (χ2n) is 8.05. The Morgan fingerprint density at radius 3 is 2.81 bits per heavy atom. The number of aryl methyl sites for hydroxylation is 2. The molecule has 0 N–H and O–H groups in total. The second kappa shape index (κ2) is 7.78. The zero-order chi connectivity index (χ0) is 21.6. The molecule has 9 heteroatoms. The van der Waals surface area contributed by atoms with Gasteiger partial charge in [-0.05, 0) is 48.9 Å². The quantitative estimate of drug-likeness (QED) is 0.551. The van der Waals surface area contributed by atoms with Crippen molar-refractivity contribution in [1.29, 1.82) is 0 Å². The highest BCUT2D eigenvalue weighted by Gasteiger charge is 2.37. The summed E-state index contributed by atoms with van der Waals surface area (Å²) in [7, 11) is 0. The van der Waals surface area contributed by atoms with Gasteiger partial charge in [0.05, 0.1) is 10.4 Å². The SMILES string of the molecule is O=C1CC(c2noc(-c3cc4c(s3)CCCC4)n2)CN1Cc1ccccc1C(F)(F)F. The maximum absolute atomic E-state index is 13.3. The summed E-state index contributed by atoms with van der Waals surface area (Å²) in [6, 6.07) is 7.46. The summed E-state index contributed by atoms with van der Waals surface area (Å²) in [5.41, 5.74) is 0.716. The number of carbonyl (C=O) groups excluding carboxylic acids is 1. The van der Waals surface area contributed by atoms with Crippen molar-refractivity contribution in [3.05, 3.63) is 57.7 Å². The third-order valence-electron chi connectivity index (χ3n) is 5.91. The summed E-state index contributed by atoms with van der Waals surface area (Å²) in [4.78, 5) is 20.7. The van der Waals surface area contributed by atoms with Gasteiger partial charge in [0.25, 0.3) is 5.89 Å². The molecule has 1 amide bonds. The van der Waals surface area contributed by atoms with Gasteiger partial charge < -0.3 is 9.42 Å². The van der Waals surface area contributed by atoms with Gasteiger partial charge in [-0.25, -0.2) is 0 Å². The Hall–Kier alpha value is -2.68. The van der Waals surface area contributed by atoms with Crippen molar-refractivity contribution < 1.29 is 22.5 Å². The van der Waals surface area contributed by atoms with E-state index < -0.39 is 11.7 Å². The molecule has 1 saturated heterocycles. The normalized spacial score (nSPS) is 19.1. The van der Waals surface area contributed by atoms with E-state index in [1.165, 1.54) is 40.3 Å². The Morgan fingerprint density at radius 2 is 2.00 bits per heavy atom. The summed E-state index contributed by atoms with van der Waals surface area (Å²) in [5.74, 6) is 0.376. The van der Waals surface area contributed by atoms with Crippen LogP contribution in [0.1, 0.15) is 52.6 Å². The van der Waals surface area contributed by atoms with Crippen molar-refractivity contribution in [3.63, 3.8) is 0 Å². The molecule has 1 aliphatic carbocycles. The first-order valence-corrected chi connectivity index (χ1v) is 11.1. The average molecular weight is 447 g/mol. The zero-order valence-electron chi connectivity index (χ0n) is 16.6. The summed E-state index contributed by atoms with van der Waals surface area (Å²) in [6.07, 6.45) is 0.232. The standard InChI is InChI=1S/C22H20F3N3O2S/c23-22(24,25)16-7-3-1-6-14(16)11-28-12-15(10-19(28)29)20-26-21(30-27-20)18-9-13-5-2-4-8-17(13)31-18/h1,3,6-7,9,15H,2,4-5,8,10-12H2. The second-order valence-corrected chi connectivity index (χ2v) is 9.19. The van der Waals surface area contributed by atoms with Crippen LogP contribution >= 0.6 is 11.3 Å². The molecule has 5 nitrogen and oxygen atoms in total. The number of benzene rings is 1. The molecule has 1 aliphatic heterocycles. The predicted octanol–water partition coefficient (Wildman–Crippen LogP) is 5.21. The molecular formula is C22H20F3N3O2S. The minimum Gasteiger partial charge on any atom is -0.338 e. The number of amides is 1. The molecule has 1 aromatic carbocycles. The third kappa shape index (κ3) is 3.98. The number of nitrogens with zero attached hydrogens (tertiary/aromatic N) is 3. The predicted molar refractivity (Wildman–Crippen MR) is 108 cm³/mol. The van der Waals surface area contributed by atoms with Crippen molar-refractivity contribution in [1.82, 2.24) is 15.0 Å². The number of rotatable bonds is 4. The van der Waals surface area contributed by atoms with E-state index in [0.29, 0.717) is 11.7 Å². The average Bonchev–Trinajstić information content (AvgIpc) is 3.46. The van der Waals surface area contributed by atoms with Gasteiger partial charge in [0.2, 0.25) is 5.91 Å². The molecule has 3 heterocycles. The van der Waals surface area contributed by atoms with Gasteiger partial charge in [-0.3, -0.25) is 4.79 Å². The molecule has 5 rings (SSSR count). The lowest BCUT2D eigenvalue weighted by Crippen LogP contribution is -2.26. The number of likely N-dealkylation sites (tertiary alicyclic amines) is 1. The smallest absolute Gasteiger partial charge is 0.338 e. The molecule has 162 valence electrons. The molecule has 0 bridgehead atoms. The van der Waals surface area contributed by atoms with Crippen molar-refractivity contribution in [2.75, 3.05) is 6.54 Å². The monoisotopic (exact) mass is 447 g/mol. The summed E-state index contributed by atoms with van der Waals surface area (Å²) >= 11 is 1.67. The lowest BCUT2D eigenvalue weighted by molar-refractivity contribution is -0.139. The molecule has 1 atom stereocenters. The lowest BCUT2D eigenvalue weighted by Gasteiger charge is -2.19. The van der Waals surface area contributed by atoms with Gasteiger partial charge in [0.15, 0.2) is 5.82 Å². The zero-order valence-corrected chi connectivity index (χ0v) is 17.4. The van der Waals surface area contributed by atoms with Crippen LogP contribution in [0.5, 0.6) is 0 Å². The van der Waals surface area contributed by atoms with Gasteiger partial charge in [-0.15, -0.1) is 11.3 Å². The van der Waals surface area contributed by atoms with Crippen LogP contribution in [0.4, 0.5) is 13.2 Å². The summed E-state index contributed by atoms with van der Waals surface area (Å²) in [5, 5.41) is 4.08. The van der Waals surface area contributed by atoms with E-state index in [0.717, 1.165) is 23.8 Å². The number of hydrogen-bond acceptors (Lipinski definition) is 5. The molecule has 2 aromatic heterocycles. The van der Waals surface area contributed by atoms with Crippen LogP contribution < -0.4 is 0 Å². The molecule has 31 heavy (non-hydrogen) atoms. The fraction of sp³-hybridized carbons (Fsp3) is 0.409. The van der Waals surface area contributed by atoms with Gasteiger partial charge in [0.1, 0.15) is 0 Å². The Labute approximate surface area is 180 Å². The molecule has 1 unspecified atom stereocenters. The molecule has 0 radical (unpaired) electrons. The minimum atomic E-state index is -4.46. The molecule has 0 spiro atoms. The maximum atomic E-state index is 13.3. The highest BCUT2D eigenvalue weighted by Crippen LogP contribution is 2.37. The Bertz CT molecular complexity index is 1100. The number of carbonyl (C=O) groups is 1. The topological polar surface area (TPSA) is 59.2 Å². The van der Waals surface area contributed by atoms with Gasteiger partial charge in [0, 0.05) is 30.3 Å². The number of halogens is 3. The fourth-order valence-corrected chi connectivity index (χ4v) is 5.51. The Morgan fingerprint density at radius 1 is 1.19 bits per heavy atom. The van der Waals surface area contributed by atoms with Gasteiger partial charge in [-0.1, -0.05) is 23.4 Å².